The van der Waals surface area contributed by atoms with Gasteiger partial charge in [-0.25, -0.2) is 0 Å². The van der Waals surface area contributed by atoms with Crippen LogP contribution in [0.2, 0.25) is 0 Å². The summed E-state index contributed by atoms with van der Waals surface area (Å²) < 4.78 is 4.57. The molecule has 0 N–H and O–H groups in total. The van der Waals surface area contributed by atoms with Gasteiger partial charge in [0.05, 0.1) is 50.6 Å². The number of nitrogens with zero attached hydrogens (tertiary/aromatic N) is 4. The number of aryl methyl sites for hydroxylation is 2. The maximum Gasteiger partial charge on any atom is 0.101 e. The van der Waals surface area contributed by atoms with E-state index in [2.05, 4.69) is 126 Å². The summed E-state index contributed by atoms with van der Waals surface area (Å²) in [6.45, 7) is 4.30. The monoisotopic (exact) mass is 562 g/mol. The van der Waals surface area contributed by atoms with Crippen LogP contribution in [-0.4, -0.2) is 9.13 Å². The minimum absolute atomic E-state index is 0.558. The Balaban J connectivity index is 1.61. The van der Waals surface area contributed by atoms with Gasteiger partial charge in [-0.2, -0.15) is 10.5 Å². The van der Waals surface area contributed by atoms with Gasteiger partial charge in [0.25, 0.3) is 0 Å². The van der Waals surface area contributed by atoms with Crippen molar-refractivity contribution in [2.45, 2.75) is 13.8 Å². The first-order chi connectivity index (χ1) is 21.6. The van der Waals surface area contributed by atoms with Crippen molar-refractivity contribution in [1.82, 2.24) is 9.13 Å². The summed E-state index contributed by atoms with van der Waals surface area (Å²) in [6.07, 6.45) is 0. The van der Waals surface area contributed by atoms with E-state index in [1.807, 2.05) is 24.3 Å². The SMILES string of the molecule is Cc1cccc2c1c1ccccc1n2-c1cc(-c2cccc(C#N)c2)cc(C#N)c1-n1c2ccccc2c2c(C)cccc21. The van der Waals surface area contributed by atoms with Gasteiger partial charge in [-0.3, -0.25) is 0 Å². The highest BCUT2D eigenvalue weighted by Crippen LogP contribution is 2.42. The second-order valence-corrected chi connectivity index (χ2v) is 11.3. The number of rotatable bonds is 3. The minimum atomic E-state index is 0.558. The average molecular weight is 563 g/mol. The van der Waals surface area contributed by atoms with E-state index in [1.165, 1.54) is 27.3 Å². The molecule has 0 spiro atoms. The quantitative estimate of drug-likeness (QED) is 0.215. The van der Waals surface area contributed by atoms with E-state index in [1.54, 1.807) is 6.07 Å². The third kappa shape index (κ3) is 3.62. The molecule has 0 bridgehead atoms. The molecule has 0 fully saturated rings. The van der Waals surface area contributed by atoms with E-state index < -0.39 is 0 Å². The molecule has 0 aliphatic carbocycles. The Labute approximate surface area is 254 Å². The lowest BCUT2D eigenvalue weighted by molar-refractivity contribution is 1.09. The third-order valence-corrected chi connectivity index (χ3v) is 8.81. The van der Waals surface area contributed by atoms with Gasteiger partial charge in [0.15, 0.2) is 0 Å². The van der Waals surface area contributed by atoms with Crippen LogP contribution in [-0.2, 0) is 0 Å². The molecule has 4 nitrogen and oxygen atoms in total. The molecule has 8 aromatic rings. The number of para-hydroxylation sites is 2. The van der Waals surface area contributed by atoms with Gasteiger partial charge in [0.1, 0.15) is 6.07 Å². The zero-order valence-corrected chi connectivity index (χ0v) is 24.3. The first-order valence-electron chi connectivity index (χ1n) is 14.7. The highest BCUT2D eigenvalue weighted by molar-refractivity contribution is 6.13. The Morgan fingerprint density at radius 1 is 0.500 bits per heavy atom. The molecule has 0 aliphatic heterocycles. The van der Waals surface area contributed by atoms with Crippen LogP contribution in [0.1, 0.15) is 22.3 Å². The van der Waals surface area contributed by atoms with Gasteiger partial charge < -0.3 is 9.13 Å². The number of hydrogen-bond donors (Lipinski definition) is 0. The molecule has 0 atom stereocenters. The molecule has 8 rings (SSSR count). The highest BCUT2D eigenvalue weighted by Gasteiger charge is 2.24. The molecule has 2 aromatic heterocycles. The van der Waals surface area contributed by atoms with Crippen LogP contribution in [0.5, 0.6) is 0 Å². The van der Waals surface area contributed by atoms with Crippen molar-refractivity contribution >= 4 is 43.6 Å². The Morgan fingerprint density at radius 3 is 1.70 bits per heavy atom. The topological polar surface area (TPSA) is 57.4 Å². The van der Waals surface area contributed by atoms with E-state index in [9.17, 15) is 10.5 Å². The van der Waals surface area contributed by atoms with Gasteiger partial charge in [0, 0.05) is 21.5 Å². The zero-order chi connectivity index (χ0) is 29.9. The molecule has 4 heteroatoms. The van der Waals surface area contributed by atoms with E-state index in [0.717, 1.165) is 50.0 Å². The number of fused-ring (bicyclic) bond motifs is 6. The Hall–Kier alpha value is -6.10. The maximum atomic E-state index is 10.9. The summed E-state index contributed by atoms with van der Waals surface area (Å²) in [6, 6.07) is 46.3. The Bertz CT molecular complexity index is 2550. The molecule has 206 valence electrons. The van der Waals surface area contributed by atoms with Gasteiger partial charge >= 0.3 is 0 Å². The number of aromatic nitrogens is 2. The summed E-state index contributed by atoms with van der Waals surface area (Å²) in [5, 5.41) is 25.2. The van der Waals surface area contributed by atoms with Crippen LogP contribution in [0, 0.1) is 36.5 Å². The van der Waals surface area contributed by atoms with E-state index in [-0.39, 0.29) is 0 Å². The van der Waals surface area contributed by atoms with Crippen molar-refractivity contribution in [3.05, 3.63) is 144 Å². The first kappa shape index (κ1) is 25.6. The lowest BCUT2D eigenvalue weighted by atomic mass is 9.98. The van der Waals surface area contributed by atoms with Crippen molar-refractivity contribution < 1.29 is 0 Å². The van der Waals surface area contributed by atoms with Crippen LogP contribution in [0.3, 0.4) is 0 Å². The second-order valence-electron chi connectivity index (χ2n) is 11.3. The fourth-order valence-electron chi connectivity index (χ4n) is 6.94. The number of benzene rings is 6. The predicted octanol–water partition coefficient (Wildman–Crippen LogP) is 9.91. The molecular formula is C40H26N4. The summed E-state index contributed by atoms with van der Waals surface area (Å²) in [7, 11) is 0. The summed E-state index contributed by atoms with van der Waals surface area (Å²) >= 11 is 0. The number of hydrogen-bond acceptors (Lipinski definition) is 2. The normalized spacial score (nSPS) is 11.4. The van der Waals surface area contributed by atoms with Gasteiger partial charge in [-0.1, -0.05) is 72.8 Å². The van der Waals surface area contributed by atoms with Crippen LogP contribution >= 0.6 is 0 Å². The van der Waals surface area contributed by atoms with Gasteiger partial charge in [-0.05, 0) is 84.6 Å². The maximum absolute atomic E-state index is 10.9. The third-order valence-electron chi connectivity index (χ3n) is 8.81. The van der Waals surface area contributed by atoms with Crippen molar-refractivity contribution in [3.63, 3.8) is 0 Å². The van der Waals surface area contributed by atoms with Gasteiger partial charge in [-0.15, -0.1) is 0 Å². The van der Waals surface area contributed by atoms with Crippen molar-refractivity contribution in [2.24, 2.45) is 0 Å². The molecule has 6 aromatic carbocycles. The Kier molecular flexibility index (Phi) is 5.66. The minimum Gasteiger partial charge on any atom is -0.307 e. The van der Waals surface area contributed by atoms with Gasteiger partial charge in [0.2, 0.25) is 0 Å². The van der Waals surface area contributed by atoms with E-state index >= 15 is 0 Å². The van der Waals surface area contributed by atoms with Crippen molar-refractivity contribution in [1.29, 1.82) is 10.5 Å². The van der Waals surface area contributed by atoms with Crippen molar-refractivity contribution in [3.8, 4) is 34.6 Å². The molecule has 0 amide bonds. The number of nitriles is 2. The molecule has 0 saturated carbocycles. The summed E-state index contributed by atoms with van der Waals surface area (Å²) in [4.78, 5) is 0. The van der Waals surface area contributed by atoms with E-state index in [0.29, 0.717) is 11.1 Å². The molecule has 0 aliphatic rings. The van der Waals surface area contributed by atoms with Crippen LogP contribution in [0.25, 0.3) is 66.1 Å². The molecule has 0 radical (unpaired) electrons. The highest BCUT2D eigenvalue weighted by atomic mass is 15.1. The Morgan fingerprint density at radius 2 is 1.07 bits per heavy atom. The lowest BCUT2D eigenvalue weighted by Crippen LogP contribution is -2.07. The first-order valence-corrected chi connectivity index (χ1v) is 14.7. The fourth-order valence-corrected chi connectivity index (χ4v) is 6.94. The van der Waals surface area contributed by atoms with E-state index in [4.69, 9.17) is 0 Å². The summed E-state index contributed by atoms with van der Waals surface area (Å²) in [5.74, 6) is 0. The van der Waals surface area contributed by atoms with Crippen LogP contribution in [0.4, 0.5) is 0 Å². The van der Waals surface area contributed by atoms with Crippen LogP contribution < -0.4 is 0 Å². The van der Waals surface area contributed by atoms with Crippen molar-refractivity contribution in [2.75, 3.05) is 0 Å². The smallest absolute Gasteiger partial charge is 0.101 e. The largest absolute Gasteiger partial charge is 0.307 e. The zero-order valence-electron chi connectivity index (χ0n) is 24.3. The predicted molar refractivity (Wildman–Crippen MR) is 179 cm³/mol. The molecular weight excluding hydrogens is 536 g/mol. The molecule has 44 heavy (non-hydrogen) atoms. The second kappa shape index (κ2) is 9.73. The standard InChI is InChI=1S/C40H26N4/c1-25-10-7-18-35-38(25)31-14-3-5-16-33(31)43(35)37-22-29(28-13-9-12-27(20-28)23-41)21-30(24-42)40(37)44-34-17-6-4-15-32(34)39-26(2)11-8-19-36(39)44/h3-22H,1-2H3. The lowest BCUT2D eigenvalue weighted by Gasteiger charge is -2.20. The molecule has 2 heterocycles. The fraction of sp³-hybridized carbons (Fsp3) is 0.0500. The summed E-state index contributed by atoms with van der Waals surface area (Å²) in [5.41, 5.74) is 11.3. The van der Waals surface area contributed by atoms with Crippen LogP contribution in [0.15, 0.2) is 121 Å². The molecule has 0 unspecified atom stereocenters. The average Bonchev–Trinajstić information content (AvgIpc) is 3.58. The molecule has 0 saturated heterocycles.